The molecular weight excluding hydrogens is 493 g/mol. The zero-order valence-corrected chi connectivity index (χ0v) is 21.3. The lowest BCUT2D eigenvalue weighted by Gasteiger charge is -2.12. The fourth-order valence-corrected chi connectivity index (χ4v) is 4.87. The predicted octanol–water partition coefficient (Wildman–Crippen LogP) is 5.72. The van der Waals surface area contributed by atoms with E-state index in [4.69, 9.17) is 10.5 Å². The molecule has 4 aromatic heterocycles. The summed E-state index contributed by atoms with van der Waals surface area (Å²) in [7, 11) is 0. The van der Waals surface area contributed by atoms with Gasteiger partial charge in [0, 0.05) is 46.7 Å². The van der Waals surface area contributed by atoms with Crippen molar-refractivity contribution in [2.45, 2.75) is 19.4 Å². The molecule has 0 fully saturated rings. The van der Waals surface area contributed by atoms with E-state index in [0.717, 1.165) is 44.4 Å². The monoisotopic (exact) mass is 519 g/mol. The fourth-order valence-electron chi connectivity index (χ4n) is 4.87. The van der Waals surface area contributed by atoms with Crippen molar-refractivity contribution in [2.75, 3.05) is 6.61 Å². The molecule has 4 heterocycles. The van der Waals surface area contributed by atoms with Crippen LogP contribution in [-0.4, -0.2) is 38.0 Å². The number of esters is 1. The summed E-state index contributed by atoms with van der Waals surface area (Å²) in [4.78, 5) is 25.0. The maximum atomic E-state index is 13.8. The summed E-state index contributed by atoms with van der Waals surface area (Å²) in [5.41, 5.74) is 13.1. The Morgan fingerprint density at radius 2 is 1.95 bits per heavy atom. The van der Waals surface area contributed by atoms with E-state index in [1.54, 1.807) is 42.0 Å². The molecule has 0 unspecified atom stereocenters. The highest BCUT2D eigenvalue weighted by molar-refractivity contribution is 5.88. The Bertz CT molecular complexity index is 1820. The second-order valence-electron chi connectivity index (χ2n) is 9.58. The van der Waals surface area contributed by atoms with Crippen LogP contribution in [0.1, 0.15) is 21.7 Å². The average molecular weight is 520 g/mol. The summed E-state index contributed by atoms with van der Waals surface area (Å²) in [6, 6.07) is 20.3. The number of fused-ring (bicyclic) bond motifs is 2. The molecule has 39 heavy (non-hydrogen) atoms. The van der Waals surface area contributed by atoms with Gasteiger partial charge in [-0.05, 0) is 72.5 Å². The first kappa shape index (κ1) is 24.5. The number of ether oxygens (including phenoxy) is 1. The van der Waals surface area contributed by atoms with Gasteiger partial charge in [-0.25, -0.2) is 14.2 Å². The van der Waals surface area contributed by atoms with E-state index in [1.165, 1.54) is 6.07 Å². The number of aryl methyl sites for hydroxylation is 1. The first-order valence-corrected chi connectivity index (χ1v) is 12.6. The molecule has 0 spiro atoms. The molecular formula is C31H26FN5O2. The van der Waals surface area contributed by atoms with Gasteiger partial charge in [-0.2, -0.15) is 0 Å². The molecule has 0 amide bonds. The first-order valence-electron chi connectivity index (χ1n) is 12.6. The zero-order chi connectivity index (χ0) is 26.9. The van der Waals surface area contributed by atoms with Gasteiger partial charge in [0.25, 0.3) is 0 Å². The molecule has 1 atom stereocenters. The highest BCUT2D eigenvalue weighted by atomic mass is 19.1. The normalized spacial score (nSPS) is 12.2. The van der Waals surface area contributed by atoms with E-state index in [0.29, 0.717) is 12.0 Å². The second-order valence-corrected chi connectivity index (χ2v) is 9.58. The number of nitrogens with zero attached hydrogens (tertiary/aromatic N) is 3. The smallest absolute Gasteiger partial charge is 0.374 e. The molecule has 0 bridgehead atoms. The van der Waals surface area contributed by atoms with Crippen LogP contribution in [-0.2, 0) is 11.2 Å². The number of rotatable bonds is 7. The largest absolute Gasteiger partial charge is 0.458 e. The van der Waals surface area contributed by atoms with Gasteiger partial charge in [0.2, 0.25) is 5.82 Å². The van der Waals surface area contributed by atoms with Crippen LogP contribution < -0.4 is 5.73 Å². The van der Waals surface area contributed by atoms with Crippen LogP contribution in [0.25, 0.3) is 38.8 Å². The van der Waals surface area contributed by atoms with E-state index in [-0.39, 0.29) is 24.3 Å². The summed E-state index contributed by atoms with van der Waals surface area (Å²) in [6.07, 6.45) is 7.64. The summed E-state index contributed by atoms with van der Waals surface area (Å²) < 4.78 is 21.1. The molecule has 6 aromatic rings. The Hall–Kier alpha value is -4.82. The van der Waals surface area contributed by atoms with E-state index >= 15 is 0 Å². The second kappa shape index (κ2) is 10.2. The van der Waals surface area contributed by atoms with Crippen LogP contribution >= 0.6 is 0 Å². The minimum Gasteiger partial charge on any atom is -0.458 e. The van der Waals surface area contributed by atoms with Crippen molar-refractivity contribution < 1.29 is 13.9 Å². The van der Waals surface area contributed by atoms with Gasteiger partial charge in [-0.1, -0.05) is 24.3 Å². The topological polar surface area (TPSA) is 98.3 Å². The molecule has 6 rings (SSSR count). The van der Waals surface area contributed by atoms with Crippen molar-refractivity contribution in [1.29, 1.82) is 0 Å². The Morgan fingerprint density at radius 1 is 1.08 bits per heavy atom. The zero-order valence-electron chi connectivity index (χ0n) is 21.3. The fraction of sp³-hybridized carbons (Fsp3) is 0.129. The number of nitrogens with one attached hydrogen (secondary N) is 1. The van der Waals surface area contributed by atoms with Crippen molar-refractivity contribution in [3.63, 3.8) is 0 Å². The third-order valence-electron chi connectivity index (χ3n) is 6.85. The number of aromatic nitrogens is 4. The third kappa shape index (κ3) is 4.78. The maximum Gasteiger partial charge on any atom is 0.374 e. The quantitative estimate of drug-likeness (QED) is 0.263. The number of halogens is 1. The summed E-state index contributed by atoms with van der Waals surface area (Å²) in [5.74, 6) is -0.618. The molecule has 2 aromatic carbocycles. The highest BCUT2D eigenvalue weighted by Crippen LogP contribution is 2.32. The SMILES string of the molecule is Cc1cc(-c2ncccc2-c2ccn3c(C(=O)OC[C@@H](N)Cc4c[nH]c5ccccc45)ncc3c2)ccc1F. The van der Waals surface area contributed by atoms with Crippen molar-refractivity contribution in [2.24, 2.45) is 5.73 Å². The lowest BCUT2D eigenvalue weighted by Crippen LogP contribution is -2.30. The van der Waals surface area contributed by atoms with Crippen molar-refractivity contribution in [3.05, 3.63) is 114 Å². The lowest BCUT2D eigenvalue weighted by atomic mass is 9.99. The number of para-hydroxylation sites is 1. The van der Waals surface area contributed by atoms with Gasteiger partial charge >= 0.3 is 5.97 Å². The molecule has 3 N–H and O–H groups in total. The Morgan fingerprint density at radius 3 is 2.82 bits per heavy atom. The molecule has 8 heteroatoms. The molecule has 0 aliphatic rings. The number of hydrogen-bond donors (Lipinski definition) is 2. The summed E-state index contributed by atoms with van der Waals surface area (Å²) >= 11 is 0. The highest BCUT2D eigenvalue weighted by Gasteiger charge is 2.18. The summed E-state index contributed by atoms with van der Waals surface area (Å²) in [5, 5.41) is 1.11. The van der Waals surface area contributed by atoms with E-state index in [1.807, 2.05) is 54.7 Å². The summed E-state index contributed by atoms with van der Waals surface area (Å²) in [6.45, 7) is 1.80. The van der Waals surface area contributed by atoms with Gasteiger partial charge in [-0.15, -0.1) is 0 Å². The number of hydrogen-bond acceptors (Lipinski definition) is 5. The number of imidazole rings is 1. The van der Waals surface area contributed by atoms with Crippen molar-refractivity contribution in [3.8, 4) is 22.4 Å². The van der Waals surface area contributed by atoms with Crippen LogP contribution in [0, 0.1) is 12.7 Å². The Labute approximate surface area is 224 Å². The molecule has 0 aliphatic carbocycles. The van der Waals surface area contributed by atoms with Gasteiger partial charge in [0.1, 0.15) is 12.4 Å². The average Bonchev–Trinajstić information content (AvgIpc) is 3.57. The van der Waals surface area contributed by atoms with Gasteiger partial charge in [0.15, 0.2) is 0 Å². The molecule has 0 saturated carbocycles. The van der Waals surface area contributed by atoms with E-state index < -0.39 is 5.97 Å². The van der Waals surface area contributed by atoms with Crippen LogP contribution in [0.4, 0.5) is 4.39 Å². The standard InChI is InChI=1S/C31H26FN5O2/c1-19-13-21(8-9-27(19)32)29-26(6-4-11-34-29)20-10-12-37-24(15-20)17-36-30(37)31(38)39-18-23(33)14-22-16-35-28-7-3-2-5-25(22)28/h2-13,15-17,23,35H,14,18,33H2,1H3/t23-/m0/s1. The van der Waals surface area contributed by atoms with Crippen LogP contribution in [0.5, 0.6) is 0 Å². The van der Waals surface area contributed by atoms with Gasteiger partial charge < -0.3 is 15.5 Å². The van der Waals surface area contributed by atoms with E-state index in [9.17, 15) is 9.18 Å². The molecule has 194 valence electrons. The number of carbonyl (C=O) groups excluding carboxylic acids is 1. The molecule has 0 radical (unpaired) electrons. The van der Waals surface area contributed by atoms with Crippen LogP contribution in [0.3, 0.4) is 0 Å². The first-order chi connectivity index (χ1) is 19.0. The van der Waals surface area contributed by atoms with E-state index in [2.05, 4.69) is 15.0 Å². The number of nitrogens with two attached hydrogens (primary N) is 1. The van der Waals surface area contributed by atoms with Crippen LogP contribution in [0.15, 0.2) is 91.5 Å². The predicted molar refractivity (Wildman–Crippen MR) is 149 cm³/mol. The number of pyridine rings is 2. The number of aromatic amines is 1. The number of benzene rings is 2. The Kier molecular flexibility index (Phi) is 6.38. The number of carbonyl (C=O) groups is 1. The van der Waals surface area contributed by atoms with Gasteiger partial charge in [0.05, 0.1) is 17.4 Å². The molecule has 0 aliphatic heterocycles. The minimum atomic E-state index is -0.541. The van der Waals surface area contributed by atoms with Crippen molar-refractivity contribution >= 4 is 22.4 Å². The van der Waals surface area contributed by atoms with Crippen LogP contribution in [0.2, 0.25) is 0 Å². The third-order valence-corrected chi connectivity index (χ3v) is 6.85. The minimum absolute atomic E-state index is 0.0709. The number of H-pyrrole nitrogens is 1. The van der Waals surface area contributed by atoms with Gasteiger partial charge in [-0.3, -0.25) is 9.38 Å². The van der Waals surface area contributed by atoms with Crippen molar-refractivity contribution in [1.82, 2.24) is 19.4 Å². The Balaban J connectivity index is 1.19. The molecule has 7 nitrogen and oxygen atoms in total. The maximum absolute atomic E-state index is 13.8. The lowest BCUT2D eigenvalue weighted by molar-refractivity contribution is 0.0466. The molecule has 0 saturated heterocycles.